The minimum atomic E-state index is -3.90. The molecule has 0 atom stereocenters. The zero-order valence-corrected chi connectivity index (χ0v) is 16.2. The second-order valence-corrected chi connectivity index (χ2v) is 9.21. The molecule has 0 radical (unpaired) electrons. The van der Waals surface area contributed by atoms with E-state index in [0.717, 1.165) is 24.2 Å². The second-order valence-electron chi connectivity index (χ2n) is 5.34. The molecule has 0 bridgehead atoms. The lowest BCUT2D eigenvalue weighted by molar-refractivity contribution is 0.429. The first-order chi connectivity index (χ1) is 12.4. The number of nitrogens with one attached hydrogen (secondary N) is 1. The third-order valence-corrected chi connectivity index (χ3v) is 7.28. The third-order valence-electron chi connectivity index (χ3n) is 3.52. The standard InChI is InChI=1S/C15H14N6O2S3/c1-10-18-11-4-5-12-14(13(11)24-10)25-15(19-12)20-26(22,23)21(8-2-6-16)9-3-7-17/h4-5H,2-3,8-9H2,1H3,(H,19,20). The molecule has 2 heterocycles. The number of nitrogens with zero attached hydrogens (tertiary/aromatic N) is 5. The van der Waals surface area contributed by atoms with Gasteiger partial charge in [-0.1, -0.05) is 11.3 Å². The van der Waals surface area contributed by atoms with Crippen molar-refractivity contribution in [3.63, 3.8) is 0 Å². The molecule has 1 aromatic carbocycles. The van der Waals surface area contributed by atoms with Gasteiger partial charge in [-0.25, -0.2) is 14.7 Å². The van der Waals surface area contributed by atoms with Crippen LogP contribution >= 0.6 is 22.7 Å². The lowest BCUT2D eigenvalue weighted by atomic mass is 10.3. The minimum absolute atomic E-state index is 0.0245. The molecule has 0 fully saturated rings. The van der Waals surface area contributed by atoms with E-state index in [1.165, 1.54) is 11.3 Å². The molecule has 0 amide bonds. The molecule has 3 rings (SSSR count). The summed E-state index contributed by atoms with van der Waals surface area (Å²) in [5.74, 6) is 0. The molecule has 2 aromatic heterocycles. The number of benzene rings is 1. The molecule has 0 unspecified atom stereocenters. The number of aryl methyl sites for hydroxylation is 1. The van der Waals surface area contributed by atoms with Gasteiger partial charge in [-0.2, -0.15) is 23.2 Å². The number of thiazole rings is 2. The van der Waals surface area contributed by atoms with Gasteiger partial charge in [-0.3, -0.25) is 0 Å². The number of anilines is 1. The van der Waals surface area contributed by atoms with E-state index < -0.39 is 10.2 Å². The van der Waals surface area contributed by atoms with Crippen molar-refractivity contribution in [2.45, 2.75) is 19.8 Å². The number of hydrogen-bond acceptors (Lipinski definition) is 8. The van der Waals surface area contributed by atoms with Crippen molar-refractivity contribution in [1.29, 1.82) is 10.5 Å². The van der Waals surface area contributed by atoms with E-state index in [-0.39, 0.29) is 31.1 Å². The van der Waals surface area contributed by atoms with E-state index >= 15 is 0 Å². The van der Waals surface area contributed by atoms with Gasteiger partial charge in [0.05, 0.1) is 37.6 Å². The number of fused-ring (bicyclic) bond motifs is 3. The van der Waals surface area contributed by atoms with Crippen molar-refractivity contribution in [2.24, 2.45) is 0 Å². The summed E-state index contributed by atoms with van der Waals surface area (Å²) in [6.07, 6.45) is 0.0971. The van der Waals surface area contributed by atoms with Gasteiger partial charge >= 0.3 is 10.2 Å². The average molecular weight is 407 g/mol. The molecular formula is C15H14N6O2S3. The lowest BCUT2D eigenvalue weighted by Crippen LogP contribution is -2.37. The first kappa shape index (κ1) is 18.5. The highest BCUT2D eigenvalue weighted by atomic mass is 32.2. The predicted octanol–water partition coefficient (Wildman–Crippen LogP) is 3.00. The molecule has 8 nitrogen and oxygen atoms in total. The zero-order valence-electron chi connectivity index (χ0n) is 13.8. The average Bonchev–Trinajstić information content (AvgIpc) is 3.15. The Morgan fingerprint density at radius 1 is 1.08 bits per heavy atom. The quantitative estimate of drug-likeness (QED) is 0.643. The summed E-state index contributed by atoms with van der Waals surface area (Å²) >= 11 is 2.79. The summed E-state index contributed by atoms with van der Waals surface area (Å²) in [5.41, 5.74) is 1.56. The zero-order chi connectivity index (χ0) is 18.7. The van der Waals surface area contributed by atoms with Crippen molar-refractivity contribution in [3.8, 4) is 12.1 Å². The summed E-state index contributed by atoms with van der Waals surface area (Å²) in [7, 11) is -3.90. The van der Waals surface area contributed by atoms with Gasteiger partial charge in [0.25, 0.3) is 0 Å². The maximum atomic E-state index is 12.6. The van der Waals surface area contributed by atoms with Gasteiger partial charge in [-0.05, 0) is 19.1 Å². The van der Waals surface area contributed by atoms with Crippen LogP contribution in [0, 0.1) is 29.6 Å². The largest absolute Gasteiger partial charge is 0.303 e. The molecule has 0 saturated heterocycles. The highest BCUT2D eigenvalue weighted by Gasteiger charge is 2.23. The first-order valence-electron chi connectivity index (χ1n) is 7.63. The van der Waals surface area contributed by atoms with Crippen LogP contribution in [-0.4, -0.2) is 35.8 Å². The molecule has 0 spiro atoms. The lowest BCUT2D eigenvalue weighted by Gasteiger charge is -2.19. The number of rotatable bonds is 7. The van der Waals surface area contributed by atoms with Gasteiger partial charge in [-0.15, -0.1) is 11.3 Å². The molecular weight excluding hydrogens is 392 g/mol. The van der Waals surface area contributed by atoms with Gasteiger partial charge in [0.1, 0.15) is 0 Å². The minimum Gasteiger partial charge on any atom is -0.246 e. The van der Waals surface area contributed by atoms with Gasteiger partial charge in [0.15, 0.2) is 5.13 Å². The Bertz CT molecular complexity index is 1120. The monoisotopic (exact) mass is 406 g/mol. The van der Waals surface area contributed by atoms with Crippen molar-refractivity contribution in [1.82, 2.24) is 14.3 Å². The van der Waals surface area contributed by atoms with Crippen LogP contribution in [0.2, 0.25) is 0 Å². The smallest absolute Gasteiger partial charge is 0.246 e. The second kappa shape index (κ2) is 7.51. The molecule has 0 aliphatic heterocycles. The number of nitriles is 2. The van der Waals surface area contributed by atoms with E-state index in [2.05, 4.69) is 14.7 Å². The van der Waals surface area contributed by atoms with Crippen molar-refractivity contribution < 1.29 is 8.42 Å². The molecule has 1 N–H and O–H groups in total. The van der Waals surface area contributed by atoms with Crippen LogP contribution in [0.3, 0.4) is 0 Å². The third kappa shape index (κ3) is 3.76. The highest BCUT2D eigenvalue weighted by Crippen LogP contribution is 2.36. The maximum absolute atomic E-state index is 12.6. The van der Waals surface area contributed by atoms with Crippen molar-refractivity contribution >= 4 is 58.4 Å². The summed E-state index contributed by atoms with van der Waals surface area (Å²) < 4.78 is 30.6. The molecule has 3 aromatic rings. The maximum Gasteiger partial charge on any atom is 0.303 e. The van der Waals surface area contributed by atoms with Crippen LogP contribution in [0.5, 0.6) is 0 Å². The molecule has 26 heavy (non-hydrogen) atoms. The normalized spacial score (nSPS) is 11.7. The van der Waals surface area contributed by atoms with Crippen LogP contribution in [0.4, 0.5) is 5.13 Å². The van der Waals surface area contributed by atoms with Crippen LogP contribution in [0.1, 0.15) is 17.8 Å². The van der Waals surface area contributed by atoms with Crippen LogP contribution in [0.25, 0.3) is 20.4 Å². The Kier molecular flexibility index (Phi) is 5.34. The van der Waals surface area contributed by atoms with Gasteiger partial charge < -0.3 is 0 Å². The van der Waals surface area contributed by atoms with Gasteiger partial charge in [0.2, 0.25) is 0 Å². The van der Waals surface area contributed by atoms with Gasteiger partial charge in [0, 0.05) is 25.9 Å². The van der Waals surface area contributed by atoms with E-state index in [1.54, 1.807) is 11.3 Å². The fourth-order valence-electron chi connectivity index (χ4n) is 2.40. The molecule has 0 aliphatic carbocycles. The molecule has 0 saturated carbocycles. The fraction of sp³-hybridized carbons (Fsp3) is 0.333. The van der Waals surface area contributed by atoms with E-state index in [1.807, 2.05) is 31.2 Å². The van der Waals surface area contributed by atoms with Crippen molar-refractivity contribution in [2.75, 3.05) is 17.8 Å². The summed E-state index contributed by atoms with van der Waals surface area (Å²) in [5, 5.41) is 18.6. The SMILES string of the molecule is Cc1nc2ccc3nc(NS(=O)(=O)N(CCC#N)CCC#N)sc3c2s1. The summed E-state index contributed by atoms with van der Waals surface area (Å²) in [6, 6.07) is 7.52. The Morgan fingerprint density at radius 3 is 2.27 bits per heavy atom. The predicted molar refractivity (Wildman–Crippen MR) is 102 cm³/mol. The Balaban J connectivity index is 1.92. The van der Waals surface area contributed by atoms with E-state index in [4.69, 9.17) is 10.5 Å². The van der Waals surface area contributed by atoms with E-state index in [9.17, 15) is 8.42 Å². The number of aromatic nitrogens is 2. The Morgan fingerprint density at radius 2 is 1.65 bits per heavy atom. The molecule has 11 heteroatoms. The van der Waals surface area contributed by atoms with Crippen LogP contribution in [0.15, 0.2) is 12.1 Å². The molecule has 134 valence electrons. The highest BCUT2D eigenvalue weighted by molar-refractivity contribution is 7.90. The summed E-state index contributed by atoms with van der Waals surface area (Å²) in [6.45, 7) is 1.97. The van der Waals surface area contributed by atoms with Crippen LogP contribution < -0.4 is 4.72 Å². The topological polar surface area (TPSA) is 123 Å². The summed E-state index contributed by atoms with van der Waals surface area (Å²) in [4.78, 5) is 8.78. The van der Waals surface area contributed by atoms with Crippen LogP contribution in [-0.2, 0) is 10.2 Å². The Hall–Kier alpha value is -2.31. The van der Waals surface area contributed by atoms with E-state index in [0.29, 0.717) is 5.52 Å². The first-order valence-corrected chi connectivity index (χ1v) is 10.7. The Labute approximate surface area is 158 Å². The number of hydrogen-bond donors (Lipinski definition) is 1. The fourth-order valence-corrected chi connectivity index (χ4v) is 5.80. The molecule has 0 aliphatic rings. The van der Waals surface area contributed by atoms with Crippen molar-refractivity contribution in [3.05, 3.63) is 17.1 Å².